The lowest BCUT2D eigenvalue weighted by atomic mass is 10.1. The van der Waals surface area contributed by atoms with Crippen LogP contribution in [0.1, 0.15) is 5.56 Å². The number of benzene rings is 1. The number of amides is 1. The molecule has 0 bridgehead atoms. The summed E-state index contributed by atoms with van der Waals surface area (Å²) >= 11 is 6.06. The van der Waals surface area contributed by atoms with Crippen molar-refractivity contribution in [3.8, 4) is 0 Å². The van der Waals surface area contributed by atoms with Crippen molar-refractivity contribution >= 4 is 53.1 Å². The molecule has 1 N–H and O–H groups in total. The number of carbonyl (C=O) groups is 1. The largest absolute Gasteiger partial charge is 0.356 e. The zero-order valence-corrected chi connectivity index (χ0v) is 18.8. The molecule has 28 heavy (non-hydrogen) atoms. The molecule has 1 amide bonds. The molecule has 1 aliphatic rings. The number of hydrogen-bond acceptors (Lipinski definition) is 3. The number of nitrogens with one attached hydrogen (secondary N) is 1. The predicted molar refractivity (Wildman–Crippen MR) is 119 cm³/mol. The van der Waals surface area contributed by atoms with Crippen LogP contribution in [0.25, 0.3) is 0 Å². The first-order valence-electron chi connectivity index (χ1n) is 8.67. The number of carbonyl (C=O) groups excluding carboxylic acids is 1. The Labute approximate surface area is 185 Å². The summed E-state index contributed by atoms with van der Waals surface area (Å²) in [6.07, 6.45) is 3.92. The zero-order valence-electron chi connectivity index (χ0n) is 15.7. The van der Waals surface area contributed by atoms with E-state index >= 15 is 0 Å². The molecule has 7 nitrogen and oxygen atoms in total. The number of aliphatic imine (C=N–C) groups is 1. The highest BCUT2D eigenvalue weighted by molar-refractivity contribution is 14.0. The van der Waals surface area contributed by atoms with E-state index in [0.29, 0.717) is 42.6 Å². The minimum Gasteiger partial charge on any atom is -0.356 e. The second-order valence-electron chi connectivity index (χ2n) is 6.26. The number of aromatic nitrogens is 2. The van der Waals surface area contributed by atoms with Crippen molar-refractivity contribution in [2.24, 2.45) is 12.0 Å². The van der Waals surface area contributed by atoms with Gasteiger partial charge in [-0.05, 0) is 18.6 Å². The highest BCUT2D eigenvalue weighted by atomic mass is 127. The van der Waals surface area contributed by atoms with E-state index in [-0.39, 0.29) is 42.2 Å². The Morgan fingerprint density at radius 2 is 2.18 bits per heavy atom. The molecule has 1 aliphatic heterocycles. The summed E-state index contributed by atoms with van der Waals surface area (Å²) in [6, 6.07) is 4.65. The van der Waals surface area contributed by atoms with Crippen LogP contribution in [-0.4, -0.2) is 59.8 Å². The SMILES string of the molecule is CN=C(NCCc1c(F)cccc1Cl)N1CCN(c2cnn(C)c2)C(=O)C1.I. The van der Waals surface area contributed by atoms with Crippen LogP contribution in [-0.2, 0) is 18.3 Å². The molecule has 1 aromatic heterocycles. The molecular formula is C18H23ClFIN6O. The quantitative estimate of drug-likeness (QED) is 0.382. The number of anilines is 1. The van der Waals surface area contributed by atoms with E-state index in [1.807, 2.05) is 18.1 Å². The number of hydrogen-bond donors (Lipinski definition) is 1. The van der Waals surface area contributed by atoms with Gasteiger partial charge in [0.2, 0.25) is 5.91 Å². The Balaban J connectivity index is 0.00000280. The number of guanidine groups is 1. The minimum absolute atomic E-state index is 0. The molecule has 2 aromatic rings. The van der Waals surface area contributed by atoms with Gasteiger partial charge in [-0.3, -0.25) is 14.5 Å². The monoisotopic (exact) mass is 520 g/mol. The lowest BCUT2D eigenvalue weighted by Gasteiger charge is -2.35. The van der Waals surface area contributed by atoms with Gasteiger partial charge in [0, 0.05) is 50.5 Å². The molecule has 0 aliphatic carbocycles. The smallest absolute Gasteiger partial charge is 0.246 e. The maximum atomic E-state index is 13.9. The molecule has 10 heteroatoms. The molecule has 1 saturated heterocycles. The Morgan fingerprint density at radius 1 is 1.39 bits per heavy atom. The van der Waals surface area contributed by atoms with Crippen molar-refractivity contribution in [1.82, 2.24) is 20.0 Å². The number of rotatable bonds is 4. The lowest BCUT2D eigenvalue weighted by molar-refractivity contribution is -0.120. The molecule has 0 spiro atoms. The first kappa shape index (κ1) is 22.4. The molecule has 0 atom stereocenters. The zero-order chi connectivity index (χ0) is 19.4. The van der Waals surface area contributed by atoms with Crippen LogP contribution in [0.15, 0.2) is 35.6 Å². The summed E-state index contributed by atoms with van der Waals surface area (Å²) in [5.41, 5.74) is 1.26. The maximum absolute atomic E-state index is 13.9. The van der Waals surface area contributed by atoms with Crippen molar-refractivity contribution in [2.75, 3.05) is 38.1 Å². The summed E-state index contributed by atoms with van der Waals surface area (Å²) < 4.78 is 15.5. The van der Waals surface area contributed by atoms with Crippen molar-refractivity contribution < 1.29 is 9.18 Å². The van der Waals surface area contributed by atoms with E-state index in [2.05, 4.69) is 15.4 Å². The highest BCUT2D eigenvalue weighted by Gasteiger charge is 2.27. The van der Waals surface area contributed by atoms with Crippen LogP contribution in [0.4, 0.5) is 10.1 Å². The molecule has 2 heterocycles. The minimum atomic E-state index is -0.320. The van der Waals surface area contributed by atoms with E-state index in [1.54, 1.807) is 35.0 Å². The summed E-state index contributed by atoms with van der Waals surface area (Å²) in [6.45, 7) is 1.87. The molecule has 1 fully saturated rings. The first-order valence-corrected chi connectivity index (χ1v) is 9.05. The standard InChI is InChI=1S/C18H22ClFN6O.HI/c1-21-18(22-7-6-14-15(19)4-3-5-16(14)20)25-8-9-26(17(27)12-25)13-10-23-24(2)11-13;/h3-5,10-11H,6-9,12H2,1-2H3,(H,21,22);1H. The maximum Gasteiger partial charge on any atom is 0.246 e. The van der Waals surface area contributed by atoms with E-state index in [4.69, 9.17) is 11.6 Å². The van der Waals surface area contributed by atoms with E-state index < -0.39 is 0 Å². The number of aryl methyl sites for hydroxylation is 1. The normalized spacial score (nSPS) is 14.9. The van der Waals surface area contributed by atoms with Gasteiger partial charge >= 0.3 is 0 Å². The van der Waals surface area contributed by atoms with Crippen LogP contribution < -0.4 is 10.2 Å². The Morgan fingerprint density at radius 3 is 2.79 bits per heavy atom. The van der Waals surface area contributed by atoms with Gasteiger partial charge in [-0.25, -0.2) is 4.39 Å². The van der Waals surface area contributed by atoms with Gasteiger partial charge in [-0.1, -0.05) is 17.7 Å². The van der Waals surface area contributed by atoms with Gasteiger partial charge in [0.25, 0.3) is 0 Å². The van der Waals surface area contributed by atoms with E-state index in [9.17, 15) is 9.18 Å². The molecular weight excluding hydrogens is 498 g/mol. The van der Waals surface area contributed by atoms with Crippen molar-refractivity contribution in [3.05, 3.63) is 47.0 Å². The molecule has 0 unspecified atom stereocenters. The average molecular weight is 521 g/mol. The second-order valence-corrected chi connectivity index (χ2v) is 6.67. The molecule has 0 saturated carbocycles. The molecule has 3 rings (SSSR count). The summed E-state index contributed by atoms with van der Waals surface area (Å²) in [5.74, 6) is 0.274. The average Bonchev–Trinajstić information content (AvgIpc) is 3.07. The first-order chi connectivity index (χ1) is 13.0. The summed E-state index contributed by atoms with van der Waals surface area (Å²) in [7, 11) is 3.48. The van der Waals surface area contributed by atoms with Crippen LogP contribution in [0, 0.1) is 5.82 Å². The molecule has 0 radical (unpaired) electrons. The van der Waals surface area contributed by atoms with Crippen LogP contribution in [0.3, 0.4) is 0 Å². The lowest BCUT2D eigenvalue weighted by Crippen LogP contribution is -2.55. The third-order valence-electron chi connectivity index (χ3n) is 4.45. The van der Waals surface area contributed by atoms with Gasteiger partial charge in [-0.2, -0.15) is 5.10 Å². The van der Waals surface area contributed by atoms with Gasteiger partial charge in [-0.15, -0.1) is 24.0 Å². The van der Waals surface area contributed by atoms with Crippen LogP contribution in [0.2, 0.25) is 5.02 Å². The predicted octanol–water partition coefficient (Wildman–Crippen LogP) is 2.30. The molecule has 152 valence electrons. The van der Waals surface area contributed by atoms with E-state index in [1.165, 1.54) is 6.07 Å². The summed E-state index contributed by atoms with van der Waals surface area (Å²) in [4.78, 5) is 20.4. The number of piperazine rings is 1. The van der Waals surface area contributed by atoms with Gasteiger partial charge in [0.1, 0.15) is 12.4 Å². The fourth-order valence-electron chi connectivity index (χ4n) is 3.08. The van der Waals surface area contributed by atoms with Crippen molar-refractivity contribution in [3.63, 3.8) is 0 Å². The number of nitrogens with zero attached hydrogens (tertiary/aromatic N) is 5. The third-order valence-corrected chi connectivity index (χ3v) is 4.81. The van der Waals surface area contributed by atoms with Crippen molar-refractivity contribution in [2.45, 2.75) is 6.42 Å². The second kappa shape index (κ2) is 10.1. The topological polar surface area (TPSA) is 65.8 Å². The van der Waals surface area contributed by atoms with Crippen molar-refractivity contribution in [1.29, 1.82) is 0 Å². The Bertz CT molecular complexity index is 838. The Hall–Kier alpha value is -1.88. The van der Waals surface area contributed by atoms with Crippen LogP contribution >= 0.6 is 35.6 Å². The third kappa shape index (κ3) is 5.13. The molecule has 1 aromatic carbocycles. The fraction of sp³-hybridized carbons (Fsp3) is 0.389. The van der Waals surface area contributed by atoms with Gasteiger partial charge < -0.3 is 15.1 Å². The highest BCUT2D eigenvalue weighted by Crippen LogP contribution is 2.19. The fourth-order valence-corrected chi connectivity index (χ4v) is 3.33. The number of halogens is 3. The van der Waals surface area contributed by atoms with Gasteiger partial charge in [0.15, 0.2) is 5.96 Å². The van der Waals surface area contributed by atoms with E-state index in [0.717, 1.165) is 5.69 Å². The Kier molecular flexibility index (Phi) is 8.05. The van der Waals surface area contributed by atoms with Gasteiger partial charge in [0.05, 0.1) is 11.9 Å². The van der Waals surface area contributed by atoms with Crippen LogP contribution in [0.5, 0.6) is 0 Å². The summed E-state index contributed by atoms with van der Waals surface area (Å²) in [5, 5.41) is 7.71.